The molecule has 262 valence electrons. The van der Waals surface area contributed by atoms with E-state index in [1.807, 2.05) is 74.6 Å². The molecule has 0 saturated carbocycles. The maximum Gasteiger partial charge on any atom is 0.360 e. The molecule has 0 saturated heterocycles. The SMILES string of the molecule is COC(=O)c1nc2oc1[C@]13c4cc(ccc4OC1Nc1c(-c4cccc5[nH]ccc45)cccc13)C[C@H](NC(=O)[C@@H](O)C(C)C)C(=O)N[C@H]2C(C)C. The third-order valence-electron chi connectivity index (χ3n) is 10.3. The first-order valence-corrected chi connectivity index (χ1v) is 17.2. The molecule has 1 unspecified atom stereocenters. The van der Waals surface area contributed by atoms with Gasteiger partial charge in [0.25, 0.3) is 0 Å². The molecule has 1 spiro atoms. The second-order valence-corrected chi connectivity index (χ2v) is 14.2. The number of oxazole rings is 1. The molecule has 0 aliphatic carbocycles. The molecule has 4 bridgehead atoms. The van der Waals surface area contributed by atoms with E-state index in [0.29, 0.717) is 11.3 Å². The van der Waals surface area contributed by atoms with Crippen molar-refractivity contribution in [3.63, 3.8) is 0 Å². The molecule has 2 amide bonds. The second-order valence-electron chi connectivity index (χ2n) is 14.2. The first-order valence-electron chi connectivity index (χ1n) is 17.2. The van der Waals surface area contributed by atoms with Crippen molar-refractivity contribution in [2.45, 2.75) is 63.9 Å². The van der Waals surface area contributed by atoms with Gasteiger partial charge in [-0.1, -0.05) is 70.2 Å². The van der Waals surface area contributed by atoms with E-state index in [9.17, 15) is 19.5 Å². The highest BCUT2D eigenvalue weighted by atomic mass is 16.5. The number of aliphatic hydroxyl groups excluding tert-OH is 1. The normalized spacial score (nSPS) is 22.3. The van der Waals surface area contributed by atoms with Crippen LogP contribution in [0.4, 0.5) is 5.69 Å². The summed E-state index contributed by atoms with van der Waals surface area (Å²) in [4.78, 5) is 48.8. The van der Waals surface area contributed by atoms with Crippen LogP contribution in [-0.2, 0) is 26.2 Å². The van der Waals surface area contributed by atoms with Crippen molar-refractivity contribution in [3.05, 3.63) is 101 Å². The Hall–Kier alpha value is -5.62. The molecule has 5 heterocycles. The van der Waals surface area contributed by atoms with Gasteiger partial charge in [-0.3, -0.25) is 9.59 Å². The van der Waals surface area contributed by atoms with Crippen LogP contribution in [0.15, 0.2) is 71.3 Å². The van der Waals surface area contributed by atoms with Gasteiger partial charge < -0.3 is 39.9 Å². The van der Waals surface area contributed by atoms with E-state index < -0.39 is 47.6 Å². The summed E-state index contributed by atoms with van der Waals surface area (Å²) < 4.78 is 18.7. The lowest BCUT2D eigenvalue weighted by Crippen LogP contribution is -2.52. The minimum absolute atomic E-state index is 0.0313. The van der Waals surface area contributed by atoms with Crippen LogP contribution in [0.3, 0.4) is 0 Å². The lowest BCUT2D eigenvalue weighted by molar-refractivity contribution is -0.135. The Morgan fingerprint density at radius 1 is 1.02 bits per heavy atom. The number of ether oxygens (including phenoxy) is 2. The molecular formula is C39H39N5O7. The van der Waals surface area contributed by atoms with Crippen LogP contribution < -0.4 is 20.7 Å². The number of esters is 1. The number of carbonyl (C=O) groups is 3. The number of fused-ring (bicyclic) bond motifs is 5. The molecule has 0 fully saturated rings. The van der Waals surface area contributed by atoms with Crippen LogP contribution in [0, 0.1) is 11.8 Å². The Morgan fingerprint density at radius 3 is 2.57 bits per heavy atom. The van der Waals surface area contributed by atoms with Crippen molar-refractivity contribution in [1.82, 2.24) is 20.6 Å². The number of nitrogens with zero attached hydrogens (tertiary/aromatic N) is 1. The molecule has 12 nitrogen and oxygen atoms in total. The summed E-state index contributed by atoms with van der Waals surface area (Å²) in [6.07, 6.45) is -0.0248. The fourth-order valence-electron chi connectivity index (χ4n) is 7.72. The first-order chi connectivity index (χ1) is 24.5. The van der Waals surface area contributed by atoms with Gasteiger partial charge in [0.15, 0.2) is 17.7 Å². The first kappa shape index (κ1) is 32.6. The number of carbonyl (C=O) groups excluding carboxylic acids is 3. The molecule has 3 aliphatic heterocycles. The molecule has 12 heteroatoms. The Balaban J connectivity index is 1.38. The number of H-pyrrole nitrogens is 1. The fraction of sp³-hybridized carbons (Fsp3) is 0.333. The summed E-state index contributed by atoms with van der Waals surface area (Å²) in [7, 11) is 1.29. The number of aromatic nitrogens is 2. The predicted octanol–water partition coefficient (Wildman–Crippen LogP) is 4.96. The number of anilines is 1. The van der Waals surface area contributed by atoms with Crippen LogP contribution in [-0.4, -0.2) is 58.3 Å². The number of aliphatic hydroxyl groups is 1. The standard InChI is InChI=1S/C39H39N5O7/c1-18(2)29-36-43-31(37(48)49-5)33(51-36)39-24-10-6-9-23(21-8-7-11-26-22(21)14-15-40-26)30(24)44-38(39)50-28-13-12-20(16-25(28)39)17-27(34(46)42-29)41-35(47)32(45)19(3)4/h6-16,18-19,27,29,32,38,40,44-45H,17H2,1-5H3,(H,41,47)(H,42,46)/t27-,29-,32-,38?,39-/m0/s1. The molecule has 3 aromatic carbocycles. The molecule has 0 radical (unpaired) electrons. The van der Waals surface area contributed by atoms with Crippen LogP contribution in [0.1, 0.15) is 72.6 Å². The highest BCUT2D eigenvalue weighted by Gasteiger charge is 2.61. The van der Waals surface area contributed by atoms with Crippen LogP contribution >= 0.6 is 0 Å². The zero-order valence-corrected chi connectivity index (χ0v) is 28.9. The molecule has 5 atom stereocenters. The average Bonchev–Trinajstić information content (AvgIpc) is 3.90. The fourth-order valence-corrected chi connectivity index (χ4v) is 7.72. The topological polar surface area (TPSA) is 168 Å². The predicted molar refractivity (Wildman–Crippen MR) is 188 cm³/mol. The number of para-hydroxylation sites is 1. The number of methoxy groups -OCH3 is 1. The van der Waals surface area contributed by atoms with E-state index in [4.69, 9.17) is 18.9 Å². The largest absolute Gasteiger partial charge is 0.469 e. The van der Waals surface area contributed by atoms with E-state index in [1.54, 1.807) is 13.8 Å². The number of aromatic amines is 1. The van der Waals surface area contributed by atoms with Crippen LogP contribution in [0.25, 0.3) is 22.0 Å². The van der Waals surface area contributed by atoms with Crippen LogP contribution in [0.5, 0.6) is 5.75 Å². The Labute approximate surface area is 293 Å². The van der Waals surface area contributed by atoms with Gasteiger partial charge in [-0.05, 0) is 41.2 Å². The van der Waals surface area contributed by atoms with Crippen molar-refractivity contribution in [2.75, 3.05) is 12.4 Å². The average molecular weight is 690 g/mol. The van der Waals surface area contributed by atoms with Crippen molar-refractivity contribution >= 4 is 34.4 Å². The van der Waals surface area contributed by atoms with Gasteiger partial charge in [-0.25, -0.2) is 9.78 Å². The van der Waals surface area contributed by atoms with Gasteiger partial charge in [-0.2, -0.15) is 0 Å². The highest BCUT2D eigenvalue weighted by molar-refractivity contribution is 6.00. The monoisotopic (exact) mass is 689 g/mol. The summed E-state index contributed by atoms with van der Waals surface area (Å²) in [6, 6.07) is 17.9. The van der Waals surface area contributed by atoms with E-state index in [2.05, 4.69) is 27.0 Å². The van der Waals surface area contributed by atoms with Crippen molar-refractivity contribution in [3.8, 4) is 16.9 Å². The van der Waals surface area contributed by atoms with E-state index in [0.717, 1.165) is 38.8 Å². The van der Waals surface area contributed by atoms with Gasteiger partial charge >= 0.3 is 5.97 Å². The molecule has 8 rings (SSSR count). The van der Waals surface area contributed by atoms with Gasteiger partial charge in [0.2, 0.25) is 17.7 Å². The minimum atomic E-state index is -1.30. The Bertz CT molecular complexity index is 2220. The number of nitrogens with one attached hydrogen (secondary N) is 4. The number of hydrogen-bond donors (Lipinski definition) is 5. The highest BCUT2D eigenvalue weighted by Crippen LogP contribution is 2.60. The van der Waals surface area contributed by atoms with E-state index in [-0.39, 0.29) is 35.6 Å². The maximum absolute atomic E-state index is 14.0. The van der Waals surface area contributed by atoms with Gasteiger partial charge in [-0.15, -0.1) is 0 Å². The minimum Gasteiger partial charge on any atom is -0.469 e. The Kier molecular flexibility index (Phi) is 7.67. The molecule has 2 aromatic heterocycles. The smallest absolute Gasteiger partial charge is 0.360 e. The van der Waals surface area contributed by atoms with Crippen molar-refractivity contribution in [2.24, 2.45) is 11.8 Å². The molecule has 51 heavy (non-hydrogen) atoms. The van der Waals surface area contributed by atoms with Crippen LogP contribution in [0.2, 0.25) is 0 Å². The quantitative estimate of drug-likeness (QED) is 0.155. The van der Waals surface area contributed by atoms with Crippen molar-refractivity contribution < 1.29 is 33.4 Å². The van der Waals surface area contributed by atoms with Crippen molar-refractivity contribution in [1.29, 1.82) is 0 Å². The summed E-state index contributed by atoms with van der Waals surface area (Å²) >= 11 is 0. The zero-order valence-electron chi connectivity index (χ0n) is 28.9. The Morgan fingerprint density at radius 2 is 1.80 bits per heavy atom. The summed E-state index contributed by atoms with van der Waals surface area (Å²) in [5, 5.41) is 21.1. The molecule has 3 aliphatic rings. The summed E-state index contributed by atoms with van der Waals surface area (Å²) in [5.41, 5.74) is 4.75. The van der Waals surface area contributed by atoms with Gasteiger partial charge in [0.05, 0.1) is 7.11 Å². The van der Waals surface area contributed by atoms with E-state index in [1.165, 1.54) is 7.11 Å². The second kappa shape index (κ2) is 12.0. The number of amides is 2. The van der Waals surface area contributed by atoms with E-state index >= 15 is 0 Å². The molecule has 5 N–H and O–H groups in total. The summed E-state index contributed by atoms with van der Waals surface area (Å²) in [6.45, 7) is 7.25. The van der Waals surface area contributed by atoms with Gasteiger partial charge in [0, 0.05) is 45.9 Å². The lowest BCUT2D eigenvalue weighted by Gasteiger charge is -2.29. The molecular weight excluding hydrogens is 650 g/mol. The summed E-state index contributed by atoms with van der Waals surface area (Å²) in [5.74, 6) is -1.52. The zero-order chi connectivity index (χ0) is 35.8. The number of hydrogen-bond acceptors (Lipinski definition) is 9. The van der Waals surface area contributed by atoms with Gasteiger partial charge in [0.1, 0.15) is 29.4 Å². The third kappa shape index (κ3) is 4.91. The number of benzene rings is 3. The maximum atomic E-state index is 14.0. The molecule has 5 aromatic rings. The number of rotatable bonds is 6. The lowest BCUT2D eigenvalue weighted by atomic mass is 9.72. The third-order valence-corrected chi connectivity index (χ3v) is 10.3.